The van der Waals surface area contributed by atoms with E-state index in [1.165, 1.54) is 11.1 Å². The van der Waals surface area contributed by atoms with Gasteiger partial charge in [-0.05, 0) is 36.7 Å². The molecule has 1 atom stereocenters. The first-order valence-corrected chi connectivity index (χ1v) is 6.55. The molecule has 0 aliphatic carbocycles. The number of ether oxygens (including phenoxy) is 1. The molecule has 0 spiro atoms. The fraction of sp³-hybridized carbons (Fsp3) is 0.312. The molecule has 3 nitrogen and oxygen atoms in total. The number of aromatic nitrogens is 1. The Morgan fingerprint density at radius 3 is 2.68 bits per heavy atom. The molecule has 0 aliphatic heterocycles. The molecule has 1 heterocycles. The molecule has 2 aromatic rings. The minimum absolute atomic E-state index is 0.0577. The Bertz CT molecular complexity index is 540. The number of benzene rings is 1. The molecule has 1 unspecified atom stereocenters. The Balaban J connectivity index is 2.49. The first kappa shape index (κ1) is 13.6. The van der Waals surface area contributed by atoms with Crippen LogP contribution in [0.15, 0.2) is 42.6 Å². The number of nitrogens with zero attached hydrogens (tertiary/aromatic N) is 1. The summed E-state index contributed by atoms with van der Waals surface area (Å²) in [4.78, 5) is 4.50. The van der Waals surface area contributed by atoms with E-state index in [-0.39, 0.29) is 6.04 Å². The standard InChI is InChI=1S/C16H20N2O/c1-4-17-15(13-9-6-5-8-12(13)2)16-14(19-3)10-7-11-18-16/h5-11,15,17H,4H2,1-3H3. The monoisotopic (exact) mass is 256 g/mol. The second kappa shape index (κ2) is 6.34. The molecule has 19 heavy (non-hydrogen) atoms. The van der Waals surface area contributed by atoms with E-state index in [1.807, 2.05) is 12.1 Å². The highest BCUT2D eigenvalue weighted by molar-refractivity contribution is 5.40. The lowest BCUT2D eigenvalue weighted by Gasteiger charge is -2.21. The summed E-state index contributed by atoms with van der Waals surface area (Å²) in [6, 6.07) is 12.3. The van der Waals surface area contributed by atoms with Gasteiger partial charge in [0.1, 0.15) is 11.4 Å². The van der Waals surface area contributed by atoms with E-state index in [9.17, 15) is 0 Å². The molecule has 1 N–H and O–H groups in total. The van der Waals surface area contributed by atoms with Gasteiger partial charge in [-0.1, -0.05) is 31.2 Å². The van der Waals surface area contributed by atoms with Gasteiger partial charge in [0.05, 0.1) is 13.2 Å². The van der Waals surface area contributed by atoms with Gasteiger partial charge in [-0.25, -0.2) is 0 Å². The summed E-state index contributed by atoms with van der Waals surface area (Å²) in [5, 5.41) is 3.49. The molecular weight excluding hydrogens is 236 g/mol. The molecule has 3 heteroatoms. The summed E-state index contributed by atoms with van der Waals surface area (Å²) in [6.45, 7) is 5.09. The molecule has 1 aromatic carbocycles. The van der Waals surface area contributed by atoms with Crippen LogP contribution in [-0.4, -0.2) is 18.6 Å². The predicted molar refractivity (Wildman–Crippen MR) is 77.5 cm³/mol. The Kier molecular flexibility index (Phi) is 4.53. The average Bonchev–Trinajstić information content (AvgIpc) is 2.46. The van der Waals surface area contributed by atoms with Crippen LogP contribution in [0.4, 0.5) is 0 Å². The molecule has 0 bridgehead atoms. The third-order valence-corrected chi connectivity index (χ3v) is 3.20. The molecule has 0 radical (unpaired) electrons. The van der Waals surface area contributed by atoms with E-state index in [4.69, 9.17) is 4.74 Å². The second-order valence-corrected chi connectivity index (χ2v) is 4.44. The van der Waals surface area contributed by atoms with E-state index in [1.54, 1.807) is 13.3 Å². The van der Waals surface area contributed by atoms with Crippen molar-refractivity contribution in [1.29, 1.82) is 0 Å². The maximum atomic E-state index is 5.43. The van der Waals surface area contributed by atoms with E-state index in [0.717, 1.165) is 18.0 Å². The maximum Gasteiger partial charge on any atom is 0.142 e. The van der Waals surface area contributed by atoms with Crippen molar-refractivity contribution in [2.45, 2.75) is 19.9 Å². The summed E-state index contributed by atoms with van der Waals surface area (Å²) in [5.74, 6) is 0.816. The van der Waals surface area contributed by atoms with Crippen LogP contribution in [0.25, 0.3) is 0 Å². The van der Waals surface area contributed by atoms with E-state index < -0.39 is 0 Å². The zero-order chi connectivity index (χ0) is 13.7. The van der Waals surface area contributed by atoms with Gasteiger partial charge < -0.3 is 10.1 Å². The summed E-state index contributed by atoms with van der Waals surface area (Å²) in [6.07, 6.45) is 1.81. The van der Waals surface area contributed by atoms with Gasteiger partial charge >= 0.3 is 0 Å². The van der Waals surface area contributed by atoms with E-state index >= 15 is 0 Å². The van der Waals surface area contributed by atoms with Gasteiger partial charge in [0, 0.05) is 6.20 Å². The van der Waals surface area contributed by atoms with Crippen molar-refractivity contribution in [3.63, 3.8) is 0 Å². The van der Waals surface area contributed by atoms with Crippen molar-refractivity contribution in [2.24, 2.45) is 0 Å². The molecule has 0 saturated heterocycles. The zero-order valence-electron chi connectivity index (χ0n) is 11.7. The van der Waals surface area contributed by atoms with Gasteiger partial charge in [0.2, 0.25) is 0 Å². The normalized spacial score (nSPS) is 12.2. The molecule has 1 aromatic heterocycles. The van der Waals surface area contributed by atoms with Crippen molar-refractivity contribution < 1.29 is 4.74 Å². The van der Waals surface area contributed by atoms with Gasteiger partial charge in [0.15, 0.2) is 0 Å². The van der Waals surface area contributed by atoms with Gasteiger partial charge in [-0.3, -0.25) is 4.98 Å². The second-order valence-electron chi connectivity index (χ2n) is 4.44. The molecule has 0 aliphatic rings. The zero-order valence-corrected chi connectivity index (χ0v) is 11.7. The van der Waals surface area contributed by atoms with Crippen LogP contribution < -0.4 is 10.1 Å². The van der Waals surface area contributed by atoms with Crippen LogP contribution in [0.1, 0.15) is 29.8 Å². The Morgan fingerprint density at radius 2 is 2.00 bits per heavy atom. The first-order chi connectivity index (χ1) is 9.27. The predicted octanol–water partition coefficient (Wildman–Crippen LogP) is 3.10. The number of pyridine rings is 1. The third-order valence-electron chi connectivity index (χ3n) is 3.20. The highest BCUT2D eigenvalue weighted by Crippen LogP contribution is 2.29. The Labute approximate surface area is 114 Å². The van der Waals surface area contributed by atoms with Crippen LogP contribution in [0.2, 0.25) is 0 Å². The lowest BCUT2D eigenvalue weighted by atomic mass is 9.98. The number of aryl methyl sites for hydroxylation is 1. The highest BCUT2D eigenvalue weighted by atomic mass is 16.5. The number of methoxy groups -OCH3 is 1. The van der Waals surface area contributed by atoms with Crippen molar-refractivity contribution in [1.82, 2.24) is 10.3 Å². The third kappa shape index (κ3) is 2.93. The maximum absolute atomic E-state index is 5.43. The summed E-state index contributed by atoms with van der Waals surface area (Å²) >= 11 is 0. The van der Waals surface area contributed by atoms with E-state index in [2.05, 4.69) is 48.4 Å². The molecule has 2 rings (SSSR count). The number of rotatable bonds is 5. The number of hydrogen-bond donors (Lipinski definition) is 1. The Morgan fingerprint density at radius 1 is 1.21 bits per heavy atom. The fourth-order valence-electron chi connectivity index (χ4n) is 2.26. The van der Waals surface area contributed by atoms with Crippen LogP contribution in [0.5, 0.6) is 5.75 Å². The quantitative estimate of drug-likeness (QED) is 0.892. The largest absolute Gasteiger partial charge is 0.495 e. The fourth-order valence-corrected chi connectivity index (χ4v) is 2.26. The van der Waals surface area contributed by atoms with Crippen LogP contribution in [0.3, 0.4) is 0 Å². The minimum Gasteiger partial charge on any atom is -0.495 e. The summed E-state index contributed by atoms with van der Waals surface area (Å²) in [7, 11) is 1.68. The molecule has 0 saturated carbocycles. The molecular formula is C16H20N2O. The first-order valence-electron chi connectivity index (χ1n) is 6.55. The van der Waals surface area contributed by atoms with Gasteiger partial charge in [-0.2, -0.15) is 0 Å². The van der Waals surface area contributed by atoms with Crippen molar-refractivity contribution >= 4 is 0 Å². The van der Waals surface area contributed by atoms with Crippen molar-refractivity contribution in [3.05, 3.63) is 59.4 Å². The van der Waals surface area contributed by atoms with Crippen molar-refractivity contribution in [3.8, 4) is 5.75 Å². The summed E-state index contributed by atoms with van der Waals surface area (Å²) in [5.41, 5.74) is 3.42. The van der Waals surface area contributed by atoms with Crippen LogP contribution >= 0.6 is 0 Å². The van der Waals surface area contributed by atoms with Crippen molar-refractivity contribution in [2.75, 3.05) is 13.7 Å². The van der Waals surface area contributed by atoms with Crippen LogP contribution in [-0.2, 0) is 0 Å². The van der Waals surface area contributed by atoms with Crippen LogP contribution in [0, 0.1) is 6.92 Å². The lowest BCUT2D eigenvalue weighted by molar-refractivity contribution is 0.400. The smallest absolute Gasteiger partial charge is 0.142 e. The number of nitrogens with one attached hydrogen (secondary N) is 1. The molecule has 0 amide bonds. The van der Waals surface area contributed by atoms with E-state index in [0.29, 0.717) is 0 Å². The topological polar surface area (TPSA) is 34.2 Å². The molecule has 100 valence electrons. The van der Waals surface area contributed by atoms with Gasteiger partial charge in [-0.15, -0.1) is 0 Å². The lowest BCUT2D eigenvalue weighted by Crippen LogP contribution is -2.24. The minimum atomic E-state index is 0.0577. The highest BCUT2D eigenvalue weighted by Gasteiger charge is 2.19. The SMILES string of the molecule is CCNC(c1ccccc1C)c1ncccc1OC. The average molecular weight is 256 g/mol. The van der Waals surface area contributed by atoms with Gasteiger partial charge in [0.25, 0.3) is 0 Å². The molecule has 0 fully saturated rings. The number of hydrogen-bond acceptors (Lipinski definition) is 3. The summed E-state index contributed by atoms with van der Waals surface area (Å²) < 4.78 is 5.43. The Hall–Kier alpha value is -1.87.